The van der Waals surface area contributed by atoms with Crippen LogP contribution in [0.3, 0.4) is 0 Å². The van der Waals surface area contributed by atoms with Crippen molar-refractivity contribution in [1.29, 1.82) is 0 Å². The zero-order valence-corrected chi connectivity index (χ0v) is 16.1. The zero-order valence-electron chi connectivity index (χ0n) is 16.1. The lowest BCUT2D eigenvalue weighted by Gasteiger charge is -2.53. The van der Waals surface area contributed by atoms with Gasteiger partial charge in [-0.15, -0.1) is 6.58 Å². The molecule has 3 rings (SSSR count). The highest BCUT2D eigenvalue weighted by atomic mass is 16.3. The number of hydrogen-bond donors (Lipinski definition) is 1. The molecule has 0 aromatic heterocycles. The maximum atomic E-state index is 9.96. The Labute approximate surface area is 149 Å². The maximum absolute atomic E-state index is 9.96. The summed E-state index contributed by atoms with van der Waals surface area (Å²) in [6.45, 7) is 11.0. The summed E-state index contributed by atoms with van der Waals surface area (Å²) in [5, 5.41) is 9.96. The van der Waals surface area contributed by atoms with Gasteiger partial charge in [-0.1, -0.05) is 38.0 Å². The summed E-state index contributed by atoms with van der Waals surface area (Å²) in [6, 6.07) is 0. The third kappa shape index (κ3) is 3.02. The van der Waals surface area contributed by atoms with Crippen LogP contribution in [0.5, 0.6) is 0 Å². The second kappa shape index (κ2) is 7.36. The summed E-state index contributed by atoms with van der Waals surface area (Å²) in [7, 11) is 0. The van der Waals surface area contributed by atoms with Gasteiger partial charge in [0.15, 0.2) is 0 Å². The first-order chi connectivity index (χ1) is 11.5. The standard InChI is InChI=1S/C23H38O/c1-5-16-8-11-21-20(19(16)12-10-18(24)7-3)14-15-23(4)17(6-2)9-13-22(21)23/h5,7,17-22,24H,3,6,8-15H2,1-2,4H3/b16-5+/t17-,18?,19?,20?,21?,22?,23?/m1/s1. The predicted octanol–water partition coefficient (Wildman–Crippen LogP) is 6.14. The van der Waals surface area contributed by atoms with Gasteiger partial charge in [0.25, 0.3) is 0 Å². The third-order valence-corrected chi connectivity index (χ3v) is 8.36. The molecule has 0 heterocycles. The average Bonchev–Trinajstić information content (AvgIpc) is 2.95. The largest absolute Gasteiger partial charge is 0.389 e. The Morgan fingerprint density at radius 2 is 2.04 bits per heavy atom. The monoisotopic (exact) mass is 330 g/mol. The molecule has 0 amide bonds. The van der Waals surface area contributed by atoms with Gasteiger partial charge in [-0.3, -0.25) is 0 Å². The normalized spacial score (nSPS) is 44.8. The SMILES string of the molecule is C=CC(O)CCC1/C(=C/C)CCC2C1CCC1(C)C2CC[C@H]1CC. The number of allylic oxidation sites excluding steroid dienone is 2. The molecule has 0 saturated heterocycles. The van der Waals surface area contributed by atoms with Crippen molar-refractivity contribution in [1.82, 2.24) is 0 Å². The van der Waals surface area contributed by atoms with E-state index in [1.165, 1.54) is 44.9 Å². The first kappa shape index (κ1) is 18.2. The smallest absolute Gasteiger partial charge is 0.0718 e. The lowest BCUT2D eigenvalue weighted by Crippen LogP contribution is -2.45. The number of rotatable bonds is 5. The third-order valence-electron chi connectivity index (χ3n) is 8.36. The Morgan fingerprint density at radius 1 is 1.25 bits per heavy atom. The van der Waals surface area contributed by atoms with E-state index in [1.54, 1.807) is 11.6 Å². The van der Waals surface area contributed by atoms with E-state index in [2.05, 4.69) is 33.4 Å². The molecule has 0 aromatic rings. The van der Waals surface area contributed by atoms with E-state index in [0.717, 1.165) is 36.5 Å². The molecule has 0 aliphatic heterocycles. The summed E-state index contributed by atoms with van der Waals surface area (Å²) >= 11 is 0. The zero-order chi connectivity index (χ0) is 17.3. The Hall–Kier alpha value is -0.560. The molecular weight excluding hydrogens is 292 g/mol. The van der Waals surface area contributed by atoms with E-state index in [1.807, 2.05) is 0 Å². The number of aliphatic hydroxyl groups is 1. The van der Waals surface area contributed by atoms with Crippen molar-refractivity contribution < 1.29 is 5.11 Å². The first-order valence-corrected chi connectivity index (χ1v) is 10.5. The quantitative estimate of drug-likeness (QED) is 0.600. The van der Waals surface area contributed by atoms with Crippen LogP contribution in [0.15, 0.2) is 24.3 Å². The van der Waals surface area contributed by atoms with E-state index in [9.17, 15) is 5.11 Å². The van der Waals surface area contributed by atoms with Crippen LogP contribution in [0.25, 0.3) is 0 Å². The summed E-state index contributed by atoms with van der Waals surface area (Å²) in [5.74, 6) is 4.46. The molecule has 3 saturated carbocycles. The fraction of sp³-hybridized carbons (Fsp3) is 0.826. The van der Waals surface area contributed by atoms with Crippen molar-refractivity contribution in [3.8, 4) is 0 Å². The van der Waals surface area contributed by atoms with Crippen LogP contribution in [-0.4, -0.2) is 11.2 Å². The van der Waals surface area contributed by atoms with Crippen molar-refractivity contribution in [3.63, 3.8) is 0 Å². The molecule has 3 aliphatic carbocycles. The molecule has 0 bridgehead atoms. The van der Waals surface area contributed by atoms with E-state index in [0.29, 0.717) is 11.3 Å². The Bertz CT molecular complexity index is 478. The van der Waals surface area contributed by atoms with Gasteiger partial charge in [0.05, 0.1) is 6.10 Å². The fourth-order valence-electron chi connectivity index (χ4n) is 7.03. The molecule has 1 N–H and O–H groups in total. The Kier molecular flexibility index (Phi) is 5.59. The second-order valence-corrected chi connectivity index (χ2v) is 9.05. The summed E-state index contributed by atoms with van der Waals surface area (Å²) in [5.41, 5.74) is 2.30. The van der Waals surface area contributed by atoms with Crippen LogP contribution in [-0.2, 0) is 0 Å². The van der Waals surface area contributed by atoms with Crippen molar-refractivity contribution >= 4 is 0 Å². The van der Waals surface area contributed by atoms with Crippen LogP contribution >= 0.6 is 0 Å². The minimum atomic E-state index is -0.326. The number of hydrogen-bond acceptors (Lipinski definition) is 1. The summed E-state index contributed by atoms with van der Waals surface area (Å²) < 4.78 is 0. The van der Waals surface area contributed by atoms with Crippen molar-refractivity contribution in [2.75, 3.05) is 0 Å². The molecule has 3 fully saturated rings. The van der Waals surface area contributed by atoms with Gasteiger partial charge in [-0.05, 0) is 93.3 Å². The predicted molar refractivity (Wildman–Crippen MR) is 103 cm³/mol. The average molecular weight is 331 g/mol. The van der Waals surface area contributed by atoms with Crippen molar-refractivity contribution in [2.45, 2.75) is 84.7 Å². The second-order valence-electron chi connectivity index (χ2n) is 9.05. The van der Waals surface area contributed by atoms with E-state index in [-0.39, 0.29) is 6.10 Å². The molecule has 6 unspecified atom stereocenters. The maximum Gasteiger partial charge on any atom is 0.0718 e. The minimum absolute atomic E-state index is 0.326. The van der Waals surface area contributed by atoms with Gasteiger partial charge < -0.3 is 5.11 Å². The summed E-state index contributed by atoms with van der Waals surface area (Å²) in [6.07, 6.45) is 15.7. The van der Waals surface area contributed by atoms with Crippen LogP contribution in [0.4, 0.5) is 0 Å². The molecule has 0 spiro atoms. The first-order valence-electron chi connectivity index (χ1n) is 10.5. The minimum Gasteiger partial charge on any atom is -0.389 e. The molecule has 0 radical (unpaired) electrons. The molecular formula is C23H38O. The molecule has 0 aromatic carbocycles. The van der Waals surface area contributed by atoms with Gasteiger partial charge in [0, 0.05) is 0 Å². The highest BCUT2D eigenvalue weighted by Gasteiger charge is 2.55. The molecule has 1 heteroatoms. The Morgan fingerprint density at radius 3 is 2.71 bits per heavy atom. The molecule has 7 atom stereocenters. The van der Waals surface area contributed by atoms with E-state index in [4.69, 9.17) is 0 Å². The van der Waals surface area contributed by atoms with Crippen LogP contribution < -0.4 is 0 Å². The summed E-state index contributed by atoms with van der Waals surface area (Å²) in [4.78, 5) is 0. The van der Waals surface area contributed by atoms with Crippen LogP contribution in [0.2, 0.25) is 0 Å². The number of aliphatic hydroxyl groups excluding tert-OH is 1. The van der Waals surface area contributed by atoms with Gasteiger partial charge in [-0.25, -0.2) is 0 Å². The molecule has 24 heavy (non-hydrogen) atoms. The molecule has 136 valence electrons. The van der Waals surface area contributed by atoms with Crippen molar-refractivity contribution in [3.05, 3.63) is 24.3 Å². The van der Waals surface area contributed by atoms with Gasteiger partial charge >= 0.3 is 0 Å². The van der Waals surface area contributed by atoms with Gasteiger partial charge in [0.2, 0.25) is 0 Å². The van der Waals surface area contributed by atoms with Gasteiger partial charge in [-0.2, -0.15) is 0 Å². The highest BCUT2D eigenvalue weighted by molar-refractivity contribution is 5.16. The van der Waals surface area contributed by atoms with E-state index < -0.39 is 0 Å². The topological polar surface area (TPSA) is 20.2 Å². The number of fused-ring (bicyclic) bond motifs is 3. The lowest BCUT2D eigenvalue weighted by molar-refractivity contribution is -0.0224. The Balaban J connectivity index is 1.78. The highest BCUT2D eigenvalue weighted by Crippen LogP contribution is 2.63. The van der Waals surface area contributed by atoms with Crippen LogP contribution in [0, 0.1) is 35.0 Å². The van der Waals surface area contributed by atoms with Crippen molar-refractivity contribution in [2.24, 2.45) is 35.0 Å². The lowest BCUT2D eigenvalue weighted by atomic mass is 9.51. The molecule has 3 aliphatic rings. The molecule has 1 nitrogen and oxygen atoms in total. The van der Waals surface area contributed by atoms with Crippen LogP contribution in [0.1, 0.15) is 78.6 Å². The van der Waals surface area contributed by atoms with Gasteiger partial charge in [0.1, 0.15) is 0 Å². The van der Waals surface area contributed by atoms with E-state index >= 15 is 0 Å². The fourth-order valence-corrected chi connectivity index (χ4v) is 7.03.